The Morgan fingerprint density at radius 1 is 0.500 bits per heavy atom. The van der Waals surface area contributed by atoms with Crippen LogP contribution in [0.5, 0.6) is 0 Å². The first-order valence-corrected chi connectivity index (χ1v) is 13.4. The van der Waals surface area contributed by atoms with Gasteiger partial charge in [-0.3, -0.25) is 9.59 Å². The monoisotopic (exact) mass is 532 g/mol. The number of nitrogens with one attached hydrogen (secondary N) is 2. The van der Waals surface area contributed by atoms with E-state index in [1.165, 1.54) is 9.80 Å². The molecule has 1 fully saturated rings. The molecule has 4 amide bonds. The summed E-state index contributed by atoms with van der Waals surface area (Å²) in [5, 5.41) is 5.96. The number of nitrogens with zero attached hydrogens (tertiary/aromatic N) is 2. The first-order valence-electron chi connectivity index (χ1n) is 13.4. The number of carbonyl (C=O) groups excluding carboxylic acids is 3. The summed E-state index contributed by atoms with van der Waals surface area (Å²) >= 11 is 0. The summed E-state index contributed by atoms with van der Waals surface area (Å²) in [7, 11) is 0. The molecule has 1 aliphatic rings. The Bertz CT molecular complexity index is 1310. The van der Waals surface area contributed by atoms with Crippen molar-refractivity contribution in [3.05, 3.63) is 144 Å². The van der Waals surface area contributed by atoms with E-state index >= 15 is 0 Å². The Balaban J connectivity index is 1.47. The second-order valence-corrected chi connectivity index (χ2v) is 9.81. The molecule has 0 aromatic heterocycles. The average molecular weight is 533 g/mol. The molecule has 4 aromatic carbocycles. The van der Waals surface area contributed by atoms with E-state index in [0.29, 0.717) is 13.1 Å². The Kier molecular flexibility index (Phi) is 8.51. The van der Waals surface area contributed by atoms with Gasteiger partial charge in [0.15, 0.2) is 0 Å². The quantitative estimate of drug-likeness (QED) is 0.316. The maximum Gasteiger partial charge on any atom is 0.322 e. The summed E-state index contributed by atoms with van der Waals surface area (Å²) in [4.78, 5) is 44.7. The smallest absolute Gasteiger partial charge is 0.322 e. The van der Waals surface area contributed by atoms with Crippen LogP contribution in [0.1, 0.15) is 22.3 Å². The zero-order chi connectivity index (χ0) is 27.7. The van der Waals surface area contributed by atoms with Crippen LogP contribution in [0, 0.1) is 0 Å². The average Bonchev–Trinajstić information content (AvgIpc) is 3.27. The Hall–Kier alpha value is -4.91. The molecule has 0 unspecified atom stereocenters. The molecule has 0 aliphatic carbocycles. The molecule has 0 radical (unpaired) electrons. The van der Waals surface area contributed by atoms with E-state index in [-0.39, 0.29) is 30.9 Å². The van der Waals surface area contributed by atoms with Crippen LogP contribution in [0.4, 0.5) is 4.79 Å². The van der Waals surface area contributed by atoms with Gasteiger partial charge in [-0.15, -0.1) is 0 Å². The van der Waals surface area contributed by atoms with E-state index in [4.69, 9.17) is 0 Å². The van der Waals surface area contributed by atoms with Gasteiger partial charge < -0.3 is 20.4 Å². The van der Waals surface area contributed by atoms with Crippen LogP contribution in [-0.4, -0.2) is 39.7 Å². The highest BCUT2D eigenvalue weighted by atomic mass is 16.2. The molecule has 1 saturated heterocycles. The van der Waals surface area contributed by atoms with Crippen molar-refractivity contribution in [3.8, 4) is 0 Å². The molecule has 0 spiro atoms. The summed E-state index contributed by atoms with van der Waals surface area (Å²) < 4.78 is 0. The van der Waals surface area contributed by atoms with E-state index in [0.717, 1.165) is 22.3 Å². The minimum Gasteiger partial charge on any atom is -0.350 e. The summed E-state index contributed by atoms with van der Waals surface area (Å²) in [6, 6.07) is 35.8. The summed E-state index contributed by atoms with van der Waals surface area (Å²) in [6.45, 7) is 0.995. The van der Waals surface area contributed by atoms with Gasteiger partial charge in [-0.25, -0.2) is 4.79 Å². The van der Waals surface area contributed by atoms with Crippen molar-refractivity contribution >= 4 is 17.8 Å². The standard InChI is InChI=1S/C33H32N4O3/c38-31(34-21-25-13-5-1-6-14-25)29-30(32(39)35-22-26-15-7-2-8-16-26)37(24-28-19-11-4-12-20-28)33(40)36(29)23-27-17-9-3-10-18-27/h1-20,29-30H,21-24H2,(H,34,38)(H,35,39)/t29-,30+. The number of benzene rings is 4. The fourth-order valence-electron chi connectivity index (χ4n) is 4.99. The van der Waals surface area contributed by atoms with Crippen molar-refractivity contribution in [3.63, 3.8) is 0 Å². The van der Waals surface area contributed by atoms with Gasteiger partial charge in [0, 0.05) is 26.2 Å². The van der Waals surface area contributed by atoms with E-state index in [2.05, 4.69) is 10.6 Å². The second kappa shape index (κ2) is 12.8. The van der Waals surface area contributed by atoms with Crippen LogP contribution < -0.4 is 10.6 Å². The van der Waals surface area contributed by atoms with Gasteiger partial charge in [-0.05, 0) is 22.3 Å². The molecule has 7 nitrogen and oxygen atoms in total. The number of carbonyl (C=O) groups is 3. The molecule has 202 valence electrons. The molecular weight excluding hydrogens is 500 g/mol. The molecule has 0 saturated carbocycles. The molecule has 0 bridgehead atoms. The Morgan fingerprint density at radius 2 is 0.800 bits per heavy atom. The van der Waals surface area contributed by atoms with E-state index in [9.17, 15) is 14.4 Å². The van der Waals surface area contributed by atoms with Crippen LogP contribution in [0.25, 0.3) is 0 Å². The number of urea groups is 1. The molecule has 2 N–H and O–H groups in total. The van der Waals surface area contributed by atoms with Gasteiger partial charge >= 0.3 is 6.03 Å². The van der Waals surface area contributed by atoms with Crippen molar-refractivity contribution in [2.75, 3.05) is 0 Å². The third-order valence-electron chi connectivity index (χ3n) is 7.01. The minimum atomic E-state index is -1.02. The number of rotatable bonds is 10. The van der Waals surface area contributed by atoms with E-state index in [1.807, 2.05) is 121 Å². The Labute approximate surface area is 234 Å². The molecule has 4 aromatic rings. The number of amides is 4. The lowest BCUT2D eigenvalue weighted by Gasteiger charge is -2.26. The third-order valence-corrected chi connectivity index (χ3v) is 7.01. The highest BCUT2D eigenvalue weighted by Crippen LogP contribution is 2.28. The van der Waals surface area contributed by atoms with Crippen LogP contribution in [-0.2, 0) is 35.8 Å². The highest BCUT2D eigenvalue weighted by Gasteiger charge is 2.52. The van der Waals surface area contributed by atoms with E-state index in [1.54, 1.807) is 0 Å². The normalized spacial score (nSPS) is 16.6. The first kappa shape index (κ1) is 26.7. The Morgan fingerprint density at radius 3 is 1.12 bits per heavy atom. The largest absolute Gasteiger partial charge is 0.350 e. The molecule has 1 heterocycles. The zero-order valence-corrected chi connectivity index (χ0v) is 22.1. The van der Waals surface area contributed by atoms with Crippen LogP contribution >= 0.6 is 0 Å². The van der Waals surface area contributed by atoms with Gasteiger partial charge in [0.25, 0.3) is 0 Å². The lowest BCUT2D eigenvalue weighted by Crippen LogP contribution is -2.54. The van der Waals surface area contributed by atoms with Gasteiger partial charge in [0.05, 0.1) is 0 Å². The predicted octanol–water partition coefficient (Wildman–Crippen LogP) is 4.49. The molecule has 1 aliphatic heterocycles. The topological polar surface area (TPSA) is 81.8 Å². The second-order valence-electron chi connectivity index (χ2n) is 9.81. The molecule has 5 rings (SSSR count). The number of hydrogen-bond acceptors (Lipinski definition) is 3. The summed E-state index contributed by atoms with van der Waals surface area (Å²) in [6.07, 6.45) is 0. The lowest BCUT2D eigenvalue weighted by atomic mass is 10.0. The highest BCUT2D eigenvalue weighted by molar-refractivity contribution is 6.00. The van der Waals surface area contributed by atoms with Crippen LogP contribution in [0.15, 0.2) is 121 Å². The lowest BCUT2D eigenvalue weighted by molar-refractivity contribution is -0.133. The zero-order valence-electron chi connectivity index (χ0n) is 22.1. The summed E-state index contributed by atoms with van der Waals surface area (Å²) in [5.41, 5.74) is 3.62. The molecule has 40 heavy (non-hydrogen) atoms. The molecule has 7 heteroatoms. The van der Waals surface area contributed by atoms with Gasteiger partial charge in [0.1, 0.15) is 12.1 Å². The molecular formula is C33H32N4O3. The maximum absolute atomic E-state index is 14.0. The fraction of sp³-hybridized carbons (Fsp3) is 0.182. The maximum atomic E-state index is 14.0. The number of hydrogen-bond donors (Lipinski definition) is 2. The summed E-state index contributed by atoms with van der Waals surface area (Å²) in [5.74, 6) is -0.743. The van der Waals surface area contributed by atoms with Crippen LogP contribution in [0.2, 0.25) is 0 Å². The van der Waals surface area contributed by atoms with Gasteiger partial charge in [-0.1, -0.05) is 121 Å². The van der Waals surface area contributed by atoms with Crippen molar-refractivity contribution in [2.24, 2.45) is 0 Å². The minimum absolute atomic E-state index is 0.205. The third kappa shape index (κ3) is 6.38. The SMILES string of the molecule is O=C(NCc1ccccc1)[C@@H]1[C@H](C(=O)NCc2ccccc2)N(Cc2ccccc2)C(=O)N1Cc1ccccc1. The van der Waals surface area contributed by atoms with Crippen LogP contribution in [0.3, 0.4) is 0 Å². The first-order chi connectivity index (χ1) is 19.6. The van der Waals surface area contributed by atoms with Gasteiger partial charge in [-0.2, -0.15) is 0 Å². The van der Waals surface area contributed by atoms with E-state index < -0.39 is 12.1 Å². The fourth-order valence-corrected chi connectivity index (χ4v) is 4.99. The molecule has 2 atom stereocenters. The predicted molar refractivity (Wildman–Crippen MR) is 154 cm³/mol. The van der Waals surface area contributed by atoms with Gasteiger partial charge in [0.2, 0.25) is 11.8 Å². The van der Waals surface area contributed by atoms with Crippen molar-refractivity contribution in [1.29, 1.82) is 0 Å². The van der Waals surface area contributed by atoms with Crippen molar-refractivity contribution in [2.45, 2.75) is 38.3 Å². The van der Waals surface area contributed by atoms with Crippen molar-refractivity contribution in [1.82, 2.24) is 20.4 Å². The van der Waals surface area contributed by atoms with Crippen molar-refractivity contribution < 1.29 is 14.4 Å².